The molecule has 108 valence electrons. The molecule has 20 heavy (non-hydrogen) atoms. The minimum atomic E-state index is 0.346. The van der Waals surface area contributed by atoms with Crippen LogP contribution in [0.3, 0.4) is 0 Å². The van der Waals surface area contributed by atoms with E-state index in [1.54, 1.807) is 0 Å². The number of halogens is 1. The molecule has 0 fully saturated rings. The summed E-state index contributed by atoms with van der Waals surface area (Å²) in [6.07, 6.45) is 2.28. The smallest absolute Gasteiger partial charge is 0.181 e. The first-order chi connectivity index (χ1) is 9.41. The third-order valence-electron chi connectivity index (χ3n) is 3.92. The van der Waals surface area contributed by atoms with E-state index >= 15 is 0 Å². The fourth-order valence-electron chi connectivity index (χ4n) is 1.94. The summed E-state index contributed by atoms with van der Waals surface area (Å²) in [5.74, 6) is 1.73. The van der Waals surface area contributed by atoms with Crippen molar-refractivity contribution in [1.29, 1.82) is 0 Å². The molecule has 0 amide bonds. The monoisotopic (exact) mass is 291 g/mol. The van der Waals surface area contributed by atoms with Crippen molar-refractivity contribution in [3.63, 3.8) is 0 Å². The Morgan fingerprint density at radius 2 is 1.85 bits per heavy atom. The first-order valence-corrected chi connectivity index (χ1v) is 7.46. The second kappa shape index (κ2) is 5.96. The highest BCUT2D eigenvalue weighted by atomic mass is 35.5. The van der Waals surface area contributed by atoms with Crippen molar-refractivity contribution >= 4 is 11.6 Å². The van der Waals surface area contributed by atoms with E-state index in [2.05, 4.69) is 30.9 Å². The largest absolute Gasteiger partial charge is 0.250 e. The molecule has 0 radical (unpaired) electrons. The van der Waals surface area contributed by atoms with E-state index in [0.29, 0.717) is 5.41 Å². The standard InChI is InChI=1S/C16H22ClN3/c1-5-16(3,4)10-11-20-12(2)18-15(19-20)13-6-8-14(17)9-7-13/h6-9H,5,10-11H2,1-4H3. The summed E-state index contributed by atoms with van der Waals surface area (Å²) in [5.41, 5.74) is 1.35. The molecule has 3 nitrogen and oxygen atoms in total. The Bertz CT molecular complexity index is 570. The second-order valence-electron chi connectivity index (χ2n) is 5.98. The van der Waals surface area contributed by atoms with Crippen LogP contribution >= 0.6 is 11.6 Å². The second-order valence-corrected chi connectivity index (χ2v) is 6.42. The van der Waals surface area contributed by atoms with Gasteiger partial charge in [0, 0.05) is 17.1 Å². The lowest BCUT2D eigenvalue weighted by Gasteiger charge is -2.22. The lowest BCUT2D eigenvalue weighted by molar-refractivity contribution is 0.294. The molecule has 0 aliphatic carbocycles. The Morgan fingerprint density at radius 1 is 1.20 bits per heavy atom. The van der Waals surface area contributed by atoms with E-state index in [-0.39, 0.29) is 0 Å². The number of nitrogens with zero attached hydrogens (tertiary/aromatic N) is 3. The molecule has 0 bridgehead atoms. The summed E-state index contributed by atoms with van der Waals surface area (Å²) in [6, 6.07) is 7.65. The van der Waals surface area contributed by atoms with Gasteiger partial charge in [-0.3, -0.25) is 0 Å². The molecule has 0 aliphatic heterocycles. The molecule has 1 aromatic heterocycles. The van der Waals surface area contributed by atoms with Crippen LogP contribution in [0, 0.1) is 12.3 Å². The summed E-state index contributed by atoms with van der Waals surface area (Å²) in [4.78, 5) is 4.55. The van der Waals surface area contributed by atoms with Gasteiger partial charge in [-0.2, -0.15) is 5.10 Å². The van der Waals surface area contributed by atoms with Crippen LogP contribution in [0.15, 0.2) is 24.3 Å². The Morgan fingerprint density at radius 3 is 2.45 bits per heavy atom. The van der Waals surface area contributed by atoms with E-state index in [0.717, 1.165) is 35.2 Å². The molecule has 0 saturated heterocycles. The quantitative estimate of drug-likeness (QED) is 0.797. The Hall–Kier alpha value is -1.35. The van der Waals surface area contributed by atoms with Crippen LogP contribution in [0.5, 0.6) is 0 Å². The van der Waals surface area contributed by atoms with Crippen LogP contribution < -0.4 is 0 Å². The highest BCUT2D eigenvalue weighted by Crippen LogP contribution is 2.25. The molecule has 0 N–H and O–H groups in total. The van der Waals surface area contributed by atoms with Crippen molar-refractivity contribution in [2.75, 3.05) is 0 Å². The molecule has 1 heterocycles. The maximum atomic E-state index is 5.91. The number of aryl methyl sites for hydroxylation is 2. The van der Waals surface area contributed by atoms with E-state index in [4.69, 9.17) is 11.6 Å². The normalized spacial score (nSPS) is 11.8. The number of hydrogen-bond acceptors (Lipinski definition) is 2. The summed E-state index contributed by atoms with van der Waals surface area (Å²) >= 11 is 5.91. The molecule has 0 saturated carbocycles. The van der Waals surface area contributed by atoms with E-state index in [9.17, 15) is 0 Å². The van der Waals surface area contributed by atoms with Gasteiger partial charge in [-0.1, -0.05) is 38.8 Å². The lowest BCUT2D eigenvalue weighted by atomic mass is 9.87. The first-order valence-electron chi connectivity index (χ1n) is 7.09. The van der Waals surface area contributed by atoms with Crippen LogP contribution in [0.1, 0.15) is 39.4 Å². The maximum Gasteiger partial charge on any atom is 0.181 e. The van der Waals surface area contributed by atoms with Gasteiger partial charge in [-0.15, -0.1) is 0 Å². The molecule has 0 atom stereocenters. The third kappa shape index (κ3) is 3.60. The zero-order valence-corrected chi connectivity index (χ0v) is 13.4. The Kier molecular flexibility index (Phi) is 4.48. The highest BCUT2D eigenvalue weighted by molar-refractivity contribution is 6.30. The van der Waals surface area contributed by atoms with Crippen molar-refractivity contribution in [3.05, 3.63) is 35.1 Å². The van der Waals surface area contributed by atoms with Gasteiger partial charge in [0.25, 0.3) is 0 Å². The number of aromatic nitrogens is 3. The molecule has 0 aliphatic rings. The molecule has 2 aromatic rings. The summed E-state index contributed by atoms with van der Waals surface area (Å²) < 4.78 is 2.00. The van der Waals surface area contributed by atoms with Gasteiger partial charge in [0.1, 0.15) is 5.82 Å². The van der Waals surface area contributed by atoms with Gasteiger partial charge in [-0.05, 0) is 43.0 Å². The summed E-state index contributed by atoms with van der Waals surface area (Å²) in [6.45, 7) is 9.73. The van der Waals surface area contributed by atoms with Crippen molar-refractivity contribution in [2.45, 2.75) is 47.1 Å². The first kappa shape index (κ1) is 15.0. The van der Waals surface area contributed by atoms with Crippen LogP contribution in [0.2, 0.25) is 5.02 Å². The zero-order chi connectivity index (χ0) is 14.8. The van der Waals surface area contributed by atoms with Crippen LogP contribution in [-0.4, -0.2) is 14.8 Å². The predicted molar refractivity (Wildman–Crippen MR) is 83.9 cm³/mol. The third-order valence-corrected chi connectivity index (χ3v) is 4.17. The summed E-state index contributed by atoms with van der Waals surface area (Å²) in [5, 5.41) is 5.34. The molecular formula is C16H22ClN3. The average Bonchev–Trinajstić information content (AvgIpc) is 2.79. The van der Waals surface area contributed by atoms with Gasteiger partial charge in [0.05, 0.1) is 0 Å². The molecule has 2 rings (SSSR count). The van der Waals surface area contributed by atoms with Crippen molar-refractivity contribution in [3.8, 4) is 11.4 Å². The van der Waals surface area contributed by atoms with Gasteiger partial charge < -0.3 is 0 Å². The van der Waals surface area contributed by atoms with Gasteiger partial charge in [0.15, 0.2) is 5.82 Å². The van der Waals surface area contributed by atoms with Crippen LogP contribution in [0.25, 0.3) is 11.4 Å². The fraction of sp³-hybridized carbons (Fsp3) is 0.500. The SMILES string of the molecule is CCC(C)(C)CCn1nc(-c2ccc(Cl)cc2)nc1C. The van der Waals surface area contributed by atoms with Crippen LogP contribution in [-0.2, 0) is 6.54 Å². The summed E-state index contributed by atoms with van der Waals surface area (Å²) in [7, 11) is 0. The highest BCUT2D eigenvalue weighted by Gasteiger charge is 2.16. The van der Waals surface area contributed by atoms with E-state index in [1.807, 2.05) is 35.9 Å². The minimum absolute atomic E-state index is 0.346. The lowest BCUT2D eigenvalue weighted by Crippen LogP contribution is -2.15. The van der Waals surface area contributed by atoms with Crippen molar-refractivity contribution in [2.24, 2.45) is 5.41 Å². The molecular weight excluding hydrogens is 270 g/mol. The van der Waals surface area contributed by atoms with Gasteiger partial charge in [-0.25, -0.2) is 9.67 Å². The fourth-order valence-corrected chi connectivity index (χ4v) is 2.06. The van der Waals surface area contributed by atoms with E-state index < -0.39 is 0 Å². The average molecular weight is 292 g/mol. The van der Waals surface area contributed by atoms with Crippen molar-refractivity contribution < 1.29 is 0 Å². The molecule has 1 aromatic carbocycles. The zero-order valence-electron chi connectivity index (χ0n) is 12.7. The topological polar surface area (TPSA) is 30.7 Å². The number of benzene rings is 1. The predicted octanol–water partition coefficient (Wildman–Crippen LogP) is 4.73. The minimum Gasteiger partial charge on any atom is -0.250 e. The van der Waals surface area contributed by atoms with Gasteiger partial charge in [0.2, 0.25) is 0 Å². The van der Waals surface area contributed by atoms with Gasteiger partial charge >= 0.3 is 0 Å². The molecule has 4 heteroatoms. The van der Waals surface area contributed by atoms with Crippen molar-refractivity contribution in [1.82, 2.24) is 14.8 Å². The Labute approximate surface area is 126 Å². The Balaban J connectivity index is 2.15. The molecule has 0 unspecified atom stereocenters. The maximum absolute atomic E-state index is 5.91. The van der Waals surface area contributed by atoms with Crippen LogP contribution in [0.4, 0.5) is 0 Å². The number of hydrogen-bond donors (Lipinski definition) is 0. The van der Waals surface area contributed by atoms with E-state index in [1.165, 1.54) is 6.42 Å². The number of rotatable bonds is 5. The molecule has 0 spiro atoms.